The lowest BCUT2D eigenvalue weighted by molar-refractivity contribution is 0.412. The molecule has 0 aliphatic rings. The summed E-state index contributed by atoms with van der Waals surface area (Å²) in [5, 5.41) is 29.4. The van der Waals surface area contributed by atoms with Crippen molar-refractivity contribution in [2.45, 2.75) is 6.92 Å². The smallest absolute Gasteiger partial charge is 0.143 e. The van der Waals surface area contributed by atoms with E-state index in [1.54, 1.807) is 12.1 Å². The number of nitriles is 2. The van der Waals surface area contributed by atoms with Gasteiger partial charge in [-0.1, -0.05) is 18.3 Å². The zero-order valence-electron chi connectivity index (χ0n) is 9.36. The van der Waals surface area contributed by atoms with Crippen LogP contribution < -0.4 is 5.32 Å². The van der Waals surface area contributed by atoms with E-state index in [2.05, 4.69) is 5.32 Å². The first-order valence-electron chi connectivity index (χ1n) is 4.81. The van der Waals surface area contributed by atoms with Gasteiger partial charge in [0.15, 0.2) is 0 Å². The minimum absolute atomic E-state index is 0.0698. The molecule has 0 aliphatic carbocycles. The Morgan fingerprint density at radius 3 is 2.61 bits per heavy atom. The molecule has 0 heterocycles. The molecule has 0 amide bonds. The number of hydrogen-bond donors (Lipinski definition) is 2. The second-order valence-electron chi connectivity index (χ2n) is 3.30. The van der Waals surface area contributed by atoms with E-state index < -0.39 is 5.82 Å². The quantitative estimate of drug-likeness (QED) is 0.370. The molecule has 0 bridgehead atoms. The van der Waals surface area contributed by atoms with Crippen LogP contribution in [0.5, 0.6) is 0 Å². The van der Waals surface area contributed by atoms with Gasteiger partial charge in [-0.15, -0.1) is 0 Å². The lowest BCUT2D eigenvalue weighted by atomic mass is 10.1. The number of anilines is 1. The fraction of sp³-hybridized carbons (Fsp3) is 0.0833. The van der Waals surface area contributed by atoms with Gasteiger partial charge < -0.3 is 10.4 Å². The number of thiocarbonyl (C=S) groups is 1. The molecule has 6 heteroatoms. The van der Waals surface area contributed by atoms with Crippen LogP contribution in [0.3, 0.4) is 0 Å². The first kappa shape index (κ1) is 13.6. The summed E-state index contributed by atoms with van der Waals surface area (Å²) in [7, 11) is 0. The maximum atomic E-state index is 13.3. The average molecular weight is 261 g/mol. The first-order chi connectivity index (χ1) is 8.51. The van der Waals surface area contributed by atoms with E-state index in [-0.39, 0.29) is 27.6 Å². The minimum atomic E-state index is -0.687. The molecule has 0 aliphatic heterocycles. The van der Waals surface area contributed by atoms with E-state index >= 15 is 0 Å². The SMILES string of the molecule is CC(O)=C(C#N)C(=S)Nc1cccc(F)c1C#N. The molecule has 1 aromatic carbocycles. The first-order valence-corrected chi connectivity index (χ1v) is 5.22. The number of nitrogens with one attached hydrogen (secondary N) is 1. The predicted octanol–water partition coefficient (Wildman–Crippen LogP) is 2.79. The van der Waals surface area contributed by atoms with Crippen molar-refractivity contribution in [3.05, 3.63) is 40.9 Å². The van der Waals surface area contributed by atoms with Gasteiger partial charge in [-0.3, -0.25) is 0 Å². The molecule has 0 unspecified atom stereocenters. The Balaban J connectivity index is 3.12. The lowest BCUT2D eigenvalue weighted by Gasteiger charge is -2.09. The van der Waals surface area contributed by atoms with Gasteiger partial charge in [0.1, 0.15) is 39.8 Å². The number of aliphatic hydroxyl groups excluding tert-OH is 1. The van der Waals surface area contributed by atoms with Crippen LogP contribution in [0.4, 0.5) is 10.1 Å². The Labute approximate surface area is 109 Å². The van der Waals surface area contributed by atoms with Crippen molar-refractivity contribution < 1.29 is 9.50 Å². The highest BCUT2D eigenvalue weighted by Crippen LogP contribution is 2.19. The lowest BCUT2D eigenvalue weighted by Crippen LogP contribution is -2.14. The fourth-order valence-corrected chi connectivity index (χ4v) is 1.53. The van der Waals surface area contributed by atoms with Gasteiger partial charge in [-0.2, -0.15) is 10.5 Å². The molecule has 2 N–H and O–H groups in total. The zero-order valence-corrected chi connectivity index (χ0v) is 10.2. The van der Waals surface area contributed by atoms with Crippen LogP contribution in [0, 0.1) is 28.5 Å². The summed E-state index contributed by atoms with van der Waals surface area (Å²) in [6.07, 6.45) is 0. The van der Waals surface area contributed by atoms with Crippen molar-refractivity contribution in [3.8, 4) is 12.1 Å². The van der Waals surface area contributed by atoms with Crippen LogP contribution in [0.15, 0.2) is 29.5 Å². The van der Waals surface area contributed by atoms with Crippen LogP contribution >= 0.6 is 12.2 Å². The van der Waals surface area contributed by atoms with E-state index in [1.807, 2.05) is 0 Å². The summed E-state index contributed by atoms with van der Waals surface area (Å²) in [5.41, 5.74) is -0.178. The van der Waals surface area contributed by atoms with Gasteiger partial charge in [-0.05, 0) is 19.1 Å². The van der Waals surface area contributed by atoms with E-state index in [0.29, 0.717) is 0 Å². The highest BCUT2D eigenvalue weighted by Gasteiger charge is 2.12. The molecule has 18 heavy (non-hydrogen) atoms. The molecule has 0 radical (unpaired) electrons. The number of aliphatic hydroxyl groups is 1. The normalized spacial score (nSPS) is 10.9. The number of hydrogen-bond acceptors (Lipinski definition) is 4. The van der Waals surface area contributed by atoms with Crippen LogP contribution in [0.25, 0.3) is 0 Å². The molecule has 4 nitrogen and oxygen atoms in total. The van der Waals surface area contributed by atoms with E-state index in [4.69, 9.17) is 22.7 Å². The number of nitrogens with zero attached hydrogens (tertiary/aromatic N) is 2. The number of rotatable bonds is 2. The molecule has 0 saturated carbocycles. The molecule has 0 saturated heterocycles. The largest absolute Gasteiger partial charge is 0.511 e. The fourth-order valence-electron chi connectivity index (χ4n) is 1.22. The topological polar surface area (TPSA) is 79.8 Å². The van der Waals surface area contributed by atoms with E-state index in [1.165, 1.54) is 19.1 Å². The Bertz CT molecular complexity index is 607. The van der Waals surface area contributed by atoms with Crippen LogP contribution in [0.2, 0.25) is 0 Å². The molecule has 0 aromatic heterocycles. The van der Waals surface area contributed by atoms with Crippen molar-refractivity contribution in [2.24, 2.45) is 0 Å². The van der Waals surface area contributed by atoms with Gasteiger partial charge in [0, 0.05) is 0 Å². The standard InChI is InChI=1S/C12H8FN3OS/c1-7(17)8(5-14)12(18)16-11-4-2-3-10(13)9(11)6-15/h2-4,17H,1H3,(H,16,18). The maximum Gasteiger partial charge on any atom is 0.143 e. The predicted molar refractivity (Wildman–Crippen MR) is 68.3 cm³/mol. The summed E-state index contributed by atoms with van der Waals surface area (Å²) in [4.78, 5) is -0.0698. The minimum Gasteiger partial charge on any atom is -0.511 e. The Kier molecular flexibility index (Phi) is 4.36. The molecular weight excluding hydrogens is 253 g/mol. The van der Waals surface area contributed by atoms with E-state index in [9.17, 15) is 9.50 Å². The molecule has 0 atom stereocenters. The number of benzene rings is 1. The second kappa shape index (κ2) is 5.76. The van der Waals surface area contributed by atoms with Gasteiger partial charge in [0.25, 0.3) is 0 Å². The summed E-state index contributed by atoms with van der Waals surface area (Å²) in [6, 6.07) is 7.42. The average Bonchev–Trinajstić information content (AvgIpc) is 2.29. The second-order valence-corrected chi connectivity index (χ2v) is 3.71. The molecular formula is C12H8FN3OS. The van der Waals surface area contributed by atoms with Crippen molar-refractivity contribution in [1.82, 2.24) is 0 Å². The van der Waals surface area contributed by atoms with Gasteiger partial charge in [0.2, 0.25) is 0 Å². The molecule has 0 fully saturated rings. The van der Waals surface area contributed by atoms with Crippen molar-refractivity contribution in [3.63, 3.8) is 0 Å². The summed E-state index contributed by atoms with van der Waals surface area (Å²) in [6.45, 7) is 1.31. The monoisotopic (exact) mass is 261 g/mol. The van der Waals surface area contributed by atoms with Crippen LogP contribution in [-0.4, -0.2) is 10.1 Å². The summed E-state index contributed by atoms with van der Waals surface area (Å²) >= 11 is 4.90. The highest BCUT2D eigenvalue weighted by atomic mass is 32.1. The third kappa shape index (κ3) is 2.82. The molecule has 1 aromatic rings. The Hall–Kier alpha value is -2.44. The third-order valence-electron chi connectivity index (χ3n) is 2.07. The number of allylic oxidation sites excluding steroid dienone is 1. The maximum absolute atomic E-state index is 13.3. The van der Waals surface area contributed by atoms with Crippen LogP contribution in [0.1, 0.15) is 12.5 Å². The van der Waals surface area contributed by atoms with Crippen molar-refractivity contribution in [2.75, 3.05) is 5.32 Å². The van der Waals surface area contributed by atoms with Gasteiger partial charge in [0.05, 0.1) is 5.69 Å². The van der Waals surface area contributed by atoms with E-state index in [0.717, 1.165) is 6.07 Å². The molecule has 1 rings (SSSR count). The molecule has 90 valence electrons. The molecule has 0 spiro atoms. The zero-order chi connectivity index (χ0) is 13.7. The Morgan fingerprint density at radius 1 is 1.44 bits per heavy atom. The van der Waals surface area contributed by atoms with Crippen molar-refractivity contribution in [1.29, 1.82) is 10.5 Å². The van der Waals surface area contributed by atoms with Gasteiger partial charge in [-0.25, -0.2) is 4.39 Å². The number of halogens is 1. The van der Waals surface area contributed by atoms with Crippen LogP contribution in [-0.2, 0) is 0 Å². The highest BCUT2D eigenvalue weighted by molar-refractivity contribution is 7.81. The summed E-state index contributed by atoms with van der Waals surface area (Å²) in [5.74, 6) is -0.932. The van der Waals surface area contributed by atoms with Gasteiger partial charge >= 0.3 is 0 Å². The third-order valence-corrected chi connectivity index (χ3v) is 2.38. The summed E-state index contributed by atoms with van der Waals surface area (Å²) < 4.78 is 13.3. The van der Waals surface area contributed by atoms with Crippen molar-refractivity contribution >= 4 is 22.9 Å². The Morgan fingerprint density at radius 2 is 2.11 bits per heavy atom.